The fourth-order valence-corrected chi connectivity index (χ4v) is 2.04. The summed E-state index contributed by atoms with van der Waals surface area (Å²) in [4.78, 5) is 0. The van der Waals surface area contributed by atoms with Crippen molar-refractivity contribution in [3.8, 4) is 0 Å². The van der Waals surface area contributed by atoms with E-state index < -0.39 is 11.3 Å². The minimum absolute atomic E-state index is 0.328. The van der Waals surface area contributed by atoms with Crippen LogP contribution in [0.25, 0.3) is 0 Å². The first kappa shape index (κ1) is 9.16. The van der Waals surface area contributed by atoms with Crippen LogP contribution in [0.15, 0.2) is 0 Å². The summed E-state index contributed by atoms with van der Waals surface area (Å²) in [6.07, 6.45) is 5.83. The van der Waals surface area contributed by atoms with Gasteiger partial charge in [-0.3, -0.25) is 4.55 Å². The second kappa shape index (κ2) is 4.18. The van der Waals surface area contributed by atoms with Crippen LogP contribution in [0.3, 0.4) is 0 Å². The predicted octanol–water partition coefficient (Wildman–Crippen LogP) is 1.39. The summed E-state index contributed by atoms with van der Waals surface area (Å²) in [5.74, 6) is 0. The second-order valence-corrected chi connectivity index (χ2v) is 4.11. The lowest BCUT2D eigenvalue weighted by atomic mass is 9.96. The topological polar surface area (TPSA) is 40.5 Å². The highest BCUT2D eigenvalue weighted by molar-refractivity contribution is 7.76. The van der Waals surface area contributed by atoms with E-state index in [-0.39, 0.29) is 0 Å². The van der Waals surface area contributed by atoms with Crippen molar-refractivity contribution in [3.63, 3.8) is 0 Å². The summed E-state index contributed by atoms with van der Waals surface area (Å²) in [7, 11) is 1.71. The molecule has 3 nitrogen and oxygen atoms in total. The zero-order chi connectivity index (χ0) is 8.27. The van der Waals surface area contributed by atoms with E-state index >= 15 is 0 Å². The van der Waals surface area contributed by atoms with Crippen LogP contribution in [0.4, 0.5) is 0 Å². The van der Waals surface area contributed by atoms with Crippen LogP contribution in [0.5, 0.6) is 0 Å². The molecule has 1 rings (SSSR count). The Morgan fingerprint density at radius 3 is 2.36 bits per heavy atom. The maximum Gasteiger partial charge on any atom is 0.234 e. The normalized spacial score (nSPS) is 23.9. The van der Waals surface area contributed by atoms with Crippen LogP contribution < -0.4 is 0 Å². The summed E-state index contributed by atoms with van der Waals surface area (Å²) in [6, 6.07) is 0.328. The average Bonchev–Trinajstić information content (AvgIpc) is 2.05. The van der Waals surface area contributed by atoms with Crippen molar-refractivity contribution in [2.45, 2.75) is 38.1 Å². The Bertz CT molecular complexity index is 145. The van der Waals surface area contributed by atoms with Gasteiger partial charge < -0.3 is 0 Å². The van der Waals surface area contributed by atoms with Crippen LogP contribution in [0, 0.1) is 0 Å². The Labute approximate surface area is 70.2 Å². The van der Waals surface area contributed by atoms with Gasteiger partial charge in [0.05, 0.1) is 0 Å². The van der Waals surface area contributed by atoms with Crippen molar-refractivity contribution in [2.75, 3.05) is 7.05 Å². The van der Waals surface area contributed by atoms with Crippen LogP contribution >= 0.6 is 0 Å². The zero-order valence-electron chi connectivity index (χ0n) is 6.82. The van der Waals surface area contributed by atoms with Crippen LogP contribution in [-0.4, -0.2) is 26.2 Å². The maximum atomic E-state index is 10.6. The Morgan fingerprint density at radius 2 is 1.91 bits per heavy atom. The van der Waals surface area contributed by atoms with E-state index in [0.717, 1.165) is 12.8 Å². The molecular formula is C7H15NO2S. The fraction of sp³-hybridized carbons (Fsp3) is 1.00. The first-order chi connectivity index (χ1) is 5.22. The lowest BCUT2D eigenvalue weighted by molar-refractivity contribution is 0.281. The van der Waals surface area contributed by atoms with Crippen molar-refractivity contribution < 1.29 is 8.76 Å². The first-order valence-corrected chi connectivity index (χ1v) is 5.12. The highest BCUT2D eigenvalue weighted by Crippen LogP contribution is 2.21. The van der Waals surface area contributed by atoms with Crippen LogP contribution in [0.1, 0.15) is 32.1 Å². The molecule has 0 radical (unpaired) electrons. The molecule has 4 heteroatoms. The van der Waals surface area contributed by atoms with Gasteiger partial charge in [0, 0.05) is 13.1 Å². The Morgan fingerprint density at radius 1 is 1.36 bits per heavy atom. The molecule has 0 aromatic heterocycles. The lowest BCUT2D eigenvalue weighted by Gasteiger charge is -2.27. The molecule has 1 atom stereocenters. The Kier molecular flexibility index (Phi) is 3.48. The van der Waals surface area contributed by atoms with Crippen molar-refractivity contribution >= 4 is 11.3 Å². The van der Waals surface area contributed by atoms with Gasteiger partial charge in [-0.05, 0) is 12.8 Å². The summed E-state index contributed by atoms with van der Waals surface area (Å²) >= 11 is -1.77. The summed E-state index contributed by atoms with van der Waals surface area (Å²) in [6.45, 7) is 0. The highest BCUT2D eigenvalue weighted by atomic mass is 32.2. The standard InChI is InChI=1S/C7H15NO2S/c1-8(11(9)10)7-5-3-2-4-6-7/h7H,2-6H2,1H3,(H,9,10). The molecule has 66 valence electrons. The van der Waals surface area contributed by atoms with E-state index in [1.807, 2.05) is 0 Å². The van der Waals surface area contributed by atoms with Crippen molar-refractivity contribution in [3.05, 3.63) is 0 Å². The average molecular weight is 177 g/mol. The first-order valence-electron chi connectivity index (χ1n) is 4.05. The monoisotopic (exact) mass is 177 g/mol. The molecule has 1 aliphatic carbocycles. The summed E-state index contributed by atoms with van der Waals surface area (Å²) < 4.78 is 21.0. The molecule has 1 unspecified atom stereocenters. The maximum absolute atomic E-state index is 10.6. The quantitative estimate of drug-likeness (QED) is 0.647. The molecule has 1 fully saturated rings. The third kappa shape index (κ3) is 2.54. The molecular weight excluding hydrogens is 162 g/mol. The molecule has 0 heterocycles. The van der Waals surface area contributed by atoms with Crippen LogP contribution in [-0.2, 0) is 11.3 Å². The van der Waals surface area contributed by atoms with Crippen molar-refractivity contribution in [1.82, 2.24) is 4.31 Å². The second-order valence-electron chi connectivity index (χ2n) is 3.07. The fourth-order valence-electron chi connectivity index (χ4n) is 1.57. The van der Waals surface area contributed by atoms with E-state index in [2.05, 4.69) is 0 Å². The van der Waals surface area contributed by atoms with Crippen LogP contribution in [0.2, 0.25) is 0 Å². The van der Waals surface area contributed by atoms with Gasteiger partial charge in [0.1, 0.15) is 0 Å². The number of hydrogen-bond acceptors (Lipinski definition) is 1. The van der Waals surface area contributed by atoms with Crippen molar-refractivity contribution in [2.24, 2.45) is 0 Å². The number of hydrogen-bond donors (Lipinski definition) is 1. The molecule has 0 bridgehead atoms. The Hall–Kier alpha value is 0.0700. The van der Waals surface area contributed by atoms with E-state index in [0.29, 0.717) is 6.04 Å². The van der Waals surface area contributed by atoms with E-state index in [9.17, 15) is 4.21 Å². The van der Waals surface area contributed by atoms with E-state index in [4.69, 9.17) is 4.55 Å². The number of nitrogens with zero attached hydrogens (tertiary/aromatic N) is 1. The summed E-state index contributed by atoms with van der Waals surface area (Å²) in [5.41, 5.74) is 0. The Balaban J connectivity index is 2.38. The minimum Gasteiger partial charge on any atom is -0.294 e. The van der Waals surface area contributed by atoms with Crippen molar-refractivity contribution in [1.29, 1.82) is 0 Å². The highest BCUT2D eigenvalue weighted by Gasteiger charge is 2.20. The van der Waals surface area contributed by atoms with E-state index in [1.54, 1.807) is 11.4 Å². The van der Waals surface area contributed by atoms with Gasteiger partial charge in [-0.15, -0.1) is 0 Å². The lowest BCUT2D eigenvalue weighted by Crippen LogP contribution is -2.34. The van der Waals surface area contributed by atoms with Gasteiger partial charge >= 0.3 is 0 Å². The molecule has 0 saturated heterocycles. The van der Waals surface area contributed by atoms with Gasteiger partial charge in [-0.2, -0.15) is 0 Å². The molecule has 1 aliphatic rings. The molecule has 1 N–H and O–H groups in total. The van der Waals surface area contributed by atoms with Gasteiger partial charge in [0.15, 0.2) is 0 Å². The summed E-state index contributed by atoms with van der Waals surface area (Å²) in [5, 5.41) is 0. The molecule has 0 aromatic rings. The van der Waals surface area contributed by atoms with E-state index in [1.165, 1.54) is 19.3 Å². The largest absolute Gasteiger partial charge is 0.294 e. The third-order valence-electron chi connectivity index (χ3n) is 2.34. The molecule has 0 spiro atoms. The molecule has 0 aromatic carbocycles. The molecule has 1 saturated carbocycles. The van der Waals surface area contributed by atoms with Gasteiger partial charge in [-0.25, -0.2) is 8.51 Å². The molecule has 0 amide bonds. The zero-order valence-corrected chi connectivity index (χ0v) is 7.64. The predicted molar refractivity (Wildman–Crippen MR) is 45.4 cm³/mol. The smallest absolute Gasteiger partial charge is 0.234 e. The van der Waals surface area contributed by atoms with Gasteiger partial charge in [0.2, 0.25) is 11.3 Å². The number of rotatable bonds is 2. The molecule has 11 heavy (non-hydrogen) atoms. The third-order valence-corrected chi connectivity index (χ3v) is 3.13. The van der Waals surface area contributed by atoms with Gasteiger partial charge in [0.25, 0.3) is 0 Å². The van der Waals surface area contributed by atoms with Gasteiger partial charge in [-0.1, -0.05) is 19.3 Å². The SMILES string of the molecule is CN(C1CCCCC1)S(=O)O. The molecule has 0 aliphatic heterocycles. The minimum atomic E-state index is -1.77.